The first-order valence-electron chi connectivity index (χ1n) is 8.71. The fourth-order valence-corrected chi connectivity index (χ4v) is 4.88. The molecule has 3 nitrogen and oxygen atoms in total. The summed E-state index contributed by atoms with van der Waals surface area (Å²) in [6.45, 7) is 0. The van der Waals surface area contributed by atoms with Crippen molar-refractivity contribution in [3.63, 3.8) is 0 Å². The fraction of sp³-hybridized carbons (Fsp3) is 0.136. The van der Waals surface area contributed by atoms with E-state index in [-0.39, 0.29) is 5.78 Å². The molecule has 3 aliphatic heterocycles. The molecule has 0 amide bonds. The average Bonchev–Trinajstić information content (AvgIpc) is 3.01. The number of benzene rings is 2. The van der Waals surface area contributed by atoms with Gasteiger partial charge in [0.05, 0.1) is 16.9 Å². The summed E-state index contributed by atoms with van der Waals surface area (Å²) in [6, 6.07) is 16.5. The molecule has 1 unspecified atom stereocenters. The maximum atomic E-state index is 13.6. The van der Waals surface area contributed by atoms with E-state index < -0.39 is 5.54 Å². The molecular weight excluding hydrogens is 308 g/mol. The number of fused-ring (bicyclic) bond motifs is 5. The molecule has 1 aromatic heterocycles. The summed E-state index contributed by atoms with van der Waals surface area (Å²) in [6.07, 6.45) is 10.1. The van der Waals surface area contributed by atoms with E-state index in [0.717, 1.165) is 23.4 Å². The molecule has 0 N–H and O–H groups in total. The zero-order chi connectivity index (χ0) is 16.6. The highest BCUT2D eigenvalue weighted by Crippen LogP contribution is 2.52. The van der Waals surface area contributed by atoms with Crippen LogP contribution in [0, 0.1) is 0 Å². The van der Waals surface area contributed by atoms with Gasteiger partial charge < -0.3 is 9.47 Å². The smallest absolute Gasteiger partial charge is 0.197 e. The van der Waals surface area contributed by atoms with Crippen molar-refractivity contribution in [2.24, 2.45) is 0 Å². The van der Waals surface area contributed by atoms with Gasteiger partial charge >= 0.3 is 0 Å². The van der Waals surface area contributed by atoms with Crippen LogP contribution in [0.3, 0.4) is 0 Å². The first kappa shape index (κ1) is 13.2. The predicted octanol–water partition coefficient (Wildman–Crippen LogP) is 4.48. The number of hydrogen-bond donors (Lipinski definition) is 0. The first-order valence-corrected chi connectivity index (χ1v) is 8.71. The molecule has 1 spiro atoms. The van der Waals surface area contributed by atoms with Crippen molar-refractivity contribution in [2.45, 2.75) is 18.4 Å². The molecule has 120 valence electrons. The number of para-hydroxylation sites is 2. The number of hydrogen-bond acceptors (Lipinski definition) is 2. The standard InChI is InChI=1S/C22H16N2O/c25-21-17-8-2-4-11-19(17)24-14-5-9-16-15-7-1-3-10-18(15)23-13-6-12-22(21,24)20(16)23/h1-8,10-11,13-14H,9,12H2. The van der Waals surface area contributed by atoms with Gasteiger partial charge in [-0.05, 0) is 30.2 Å². The average molecular weight is 324 g/mol. The number of anilines is 1. The van der Waals surface area contributed by atoms with Gasteiger partial charge in [0.1, 0.15) is 0 Å². The van der Waals surface area contributed by atoms with Crippen molar-refractivity contribution in [1.29, 1.82) is 0 Å². The van der Waals surface area contributed by atoms with Crippen molar-refractivity contribution in [3.05, 3.63) is 83.7 Å². The zero-order valence-corrected chi connectivity index (χ0v) is 13.6. The van der Waals surface area contributed by atoms with Crippen LogP contribution in [0.1, 0.15) is 28.0 Å². The second-order valence-corrected chi connectivity index (χ2v) is 6.97. The largest absolute Gasteiger partial charge is 0.328 e. The molecular formula is C22H16N2O. The quantitative estimate of drug-likeness (QED) is 0.609. The van der Waals surface area contributed by atoms with E-state index >= 15 is 0 Å². The Morgan fingerprint density at radius 1 is 0.920 bits per heavy atom. The number of ketones is 1. The van der Waals surface area contributed by atoms with E-state index in [1.165, 1.54) is 16.5 Å². The van der Waals surface area contributed by atoms with Crippen LogP contribution in [0.5, 0.6) is 0 Å². The van der Waals surface area contributed by atoms with Gasteiger partial charge in [0.15, 0.2) is 11.3 Å². The molecule has 1 atom stereocenters. The minimum atomic E-state index is -0.653. The zero-order valence-electron chi connectivity index (χ0n) is 13.6. The van der Waals surface area contributed by atoms with Crippen molar-refractivity contribution in [2.75, 3.05) is 4.90 Å². The second kappa shape index (κ2) is 4.31. The molecule has 3 aliphatic rings. The van der Waals surface area contributed by atoms with Crippen molar-refractivity contribution in [1.82, 2.24) is 4.57 Å². The molecule has 4 heterocycles. The Morgan fingerprint density at radius 3 is 2.72 bits per heavy atom. The predicted molar refractivity (Wildman–Crippen MR) is 99.7 cm³/mol. The summed E-state index contributed by atoms with van der Waals surface area (Å²) < 4.78 is 2.23. The Labute approximate surface area is 145 Å². The van der Waals surface area contributed by atoms with Gasteiger partial charge in [0.25, 0.3) is 0 Å². The molecule has 0 saturated carbocycles. The van der Waals surface area contributed by atoms with Crippen molar-refractivity contribution < 1.29 is 4.79 Å². The molecule has 0 saturated heterocycles. The monoisotopic (exact) mass is 324 g/mol. The molecule has 3 heteroatoms. The van der Waals surface area contributed by atoms with Gasteiger partial charge in [-0.15, -0.1) is 0 Å². The highest BCUT2D eigenvalue weighted by atomic mass is 16.1. The number of aromatic nitrogens is 1. The summed E-state index contributed by atoms with van der Waals surface area (Å²) >= 11 is 0. The van der Waals surface area contributed by atoms with E-state index in [1.54, 1.807) is 0 Å². The van der Waals surface area contributed by atoms with E-state index in [2.05, 4.69) is 64.4 Å². The van der Waals surface area contributed by atoms with Crippen LogP contribution in [-0.4, -0.2) is 10.4 Å². The van der Waals surface area contributed by atoms with E-state index in [9.17, 15) is 4.79 Å². The highest BCUT2D eigenvalue weighted by Gasteiger charge is 2.55. The molecule has 3 aromatic rings. The number of nitrogens with zero attached hydrogens (tertiary/aromatic N) is 2. The molecule has 2 aromatic carbocycles. The van der Waals surface area contributed by atoms with Gasteiger partial charge in [-0.2, -0.15) is 0 Å². The molecule has 0 bridgehead atoms. The SMILES string of the molecule is O=C1c2ccccc2N2C=CCc3c4n(c5ccccc35)C=CCC142. The van der Waals surface area contributed by atoms with Crippen molar-refractivity contribution >= 4 is 28.6 Å². The highest BCUT2D eigenvalue weighted by molar-refractivity contribution is 6.16. The number of Topliss-reactive ketones (excluding diaryl/α,β-unsaturated/α-hetero) is 1. The van der Waals surface area contributed by atoms with Crippen LogP contribution < -0.4 is 4.90 Å². The van der Waals surface area contributed by atoms with Gasteiger partial charge in [0.2, 0.25) is 0 Å². The minimum Gasteiger partial charge on any atom is -0.328 e. The number of rotatable bonds is 0. The molecule has 6 rings (SSSR count). The van der Waals surface area contributed by atoms with Gasteiger partial charge in [0, 0.05) is 29.8 Å². The van der Waals surface area contributed by atoms with Crippen LogP contribution in [0.25, 0.3) is 17.1 Å². The van der Waals surface area contributed by atoms with Crippen molar-refractivity contribution in [3.8, 4) is 0 Å². The van der Waals surface area contributed by atoms with Crippen LogP contribution in [0.4, 0.5) is 5.69 Å². The van der Waals surface area contributed by atoms with Gasteiger partial charge in [-0.3, -0.25) is 4.79 Å². The van der Waals surface area contributed by atoms with Crippen LogP contribution >= 0.6 is 0 Å². The third-order valence-corrected chi connectivity index (χ3v) is 5.85. The summed E-state index contributed by atoms with van der Waals surface area (Å²) in [4.78, 5) is 15.8. The summed E-state index contributed by atoms with van der Waals surface area (Å²) in [5.41, 5.74) is 4.79. The third-order valence-electron chi connectivity index (χ3n) is 5.85. The fourth-order valence-electron chi connectivity index (χ4n) is 4.88. The minimum absolute atomic E-state index is 0.212. The Balaban J connectivity index is 1.79. The van der Waals surface area contributed by atoms with Gasteiger partial charge in [-0.1, -0.05) is 42.5 Å². The lowest BCUT2D eigenvalue weighted by Gasteiger charge is -2.38. The van der Waals surface area contributed by atoms with Crippen LogP contribution in [0.15, 0.2) is 66.9 Å². The first-order chi connectivity index (χ1) is 12.3. The normalized spacial score (nSPS) is 22.7. The van der Waals surface area contributed by atoms with Crippen LogP contribution in [-0.2, 0) is 12.0 Å². The molecule has 25 heavy (non-hydrogen) atoms. The number of carbonyl (C=O) groups excluding carboxylic acids is 1. The maximum absolute atomic E-state index is 13.6. The maximum Gasteiger partial charge on any atom is 0.197 e. The molecule has 0 radical (unpaired) electrons. The summed E-state index contributed by atoms with van der Waals surface area (Å²) in [5.74, 6) is 0.212. The van der Waals surface area contributed by atoms with Crippen LogP contribution in [0.2, 0.25) is 0 Å². The van der Waals surface area contributed by atoms with E-state index in [1.807, 2.05) is 18.2 Å². The topological polar surface area (TPSA) is 25.2 Å². The molecule has 0 aliphatic carbocycles. The Kier molecular flexibility index (Phi) is 2.28. The lowest BCUT2D eigenvalue weighted by molar-refractivity contribution is 0.0899. The number of allylic oxidation sites excluding steroid dienone is 1. The lowest BCUT2D eigenvalue weighted by atomic mass is 9.82. The van der Waals surface area contributed by atoms with Gasteiger partial charge in [-0.25, -0.2) is 0 Å². The Bertz CT molecular complexity index is 1130. The molecule has 0 fully saturated rings. The number of carbonyl (C=O) groups is 1. The summed E-state index contributed by atoms with van der Waals surface area (Å²) in [7, 11) is 0. The Morgan fingerprint density at radius 2 is 1.76 bits per heavy atom. The second-order valence-electron chi connectivity index (χ2n) is 6.97. The van der Waals surface area contributed by atoms with E-state index in [0.29, 0.717) is 6.42 Å². The summed E-state index contributed by atoms with van der Waals surface area (Å²) in [5, 5.41) is 1.25. The van der Waals surface area contributed by atoms with E-state index in [4.69, 9.17) is 0 Å². The Hall–Kier alpha value is -3.07. The third kappa shape index (κ3) is 1.37. The lowest BCUT2D eigenvalue weighted by Crippen LogP contribution is -2.47.